The lowest BCUT2D eigenvalue weighted by atomic mass is 9.90. The Kier molecular flexibility index (Phi) is 6.61. The predicted octanol–water partition coefficient (Wildman–Crippen LogP) is 2.99. The minimum absolute atomic E-state index is 0.0189. The molecule has 0 bridgehead atoms. The number of fused-ring (bicyclic) bond motifs is 3. The lowest BCUT2D eigenvalue weighted by Gasteiger charge is -2.37. The minimum Gasteiger partial charge on any atom is -0.479 e. The molecular weight excluding hydrogens is 436 g/mol. The van der Waals surface area contributed by atoms with E-state index in [4.69, 9.17) is 9.84 Å². The van der Waals surface area contributed by atoms with Crippen molar-refractivity contribution in [2.75, 3.05) is 19.7 Å². The summed E-state index contributed by atoms with van der Waals surface area (Å²) in [6.45, 7) is 3.96. The van der Waals surface area contributed by atoms with Gasteiger partial charge in [0, 0.05) is 37.9 Å². The first-order valence-corrected chi connectivity index (χ1v) is 11.6. The Morgan fingerprint density at radius 1 is 1.03 bits per heavy atom. The number of hydrogen-bond acceptors (Lipinski definition) is 5. The van der Waals surface area contributed by atoms with Crippen LogP contribution in [-0.4, -0.2) is 64.4 Å². The molecule has 2 atom stereocenters. The third-order valence-corrected chi connectivity index (χ3v) is 7.13. The standard InChI is InChI=1S/C26H30N2O6/c1-16(23(29)28-13-11-26(33,12-14-28)24(30)31)17(2)27-25(32)34-15-22-20-9-5-3-7-18(20)19-8-4-6-10-21(19)22/h3-10,16-17,22,33H,11-15H2,1-2H3,(H,27,32)(H,30,31). The van der Waals surface area contributed by atoms with E-state index in [1.165, 1.54) is 4.90 Å². The quantitative estimate of drug-likeness (QED) is 0.603. The number of ether oxygens (including phenoxy) is 1. The molecule has 2 aliphatic rings. The third-order valence-electron chi connectivity index (χ3n) is 7.13. The van der Waals surface area contributed by atoms with Crippen molar-refractivity contribution >= 4 is 18.0 Å². The predicted molar refractivity (Wildman–Crippen MR) is 125 cm³/mol. The van der Waals surface area contributed by atoms with Gasteiger partial charge in [0.05, 0.1) is 5.92 Å². The lowest BCUT2D eigenvalue weighted by Crippen LogP contribution is -2.53. The highest BCUT2D eigenvalue weighted by atomic mass is 16.5. The number of carboxylic acids is 1. The summed E-state index contributed by atoms with van der Waals surface area (Å²) in [7, 11) is 0. The van der Waals surface area contributed by atoms with Gasteiger partial charge in [0.2, 0.25) is 5.91 Å². The van der Waals surface area contributed by atoms with Gasteiger partial charge in [-0.1, -0.05) is 55.5 Å². The van der Waals surface area contributed by atoms with Gasteiger partial charge >= 0.3 is 12.1 Å². The second kappa shape index (κ2) is 9.46. The topological polar surface area (TPSA) is 116 Å². The Bertz CT molecular complexity index is 1050. The normalized spacial score (nSPS) is 18.4. The maximum absolute atomic E-state index is 12.8. The summed E-state index contributed by atoms with van der Waals surface area (Å²) in [5.74, 6) is -2.04. The summed E-state index contributed by atoms with van der Waals surface area (Å²) >= 11 is 0. The summed E-state index contributed by atoms with van der Waals surface area (Å²) in [5.41, 5.74) is 2.76. The molecule has 0 aromatic heterocycles. The minimum atomic E-state index is -1.79. The van der Waals surface area contributed by atoms with Gasteiger partial charge in [0.25, 0.3) is 0 Å². The Hall–Kier alpha value is -3.39. The van der Waals surface area contributed by atoms with Crippen LogP contribution in [0.2, 0.25) is 0 Å². The summed E-state index contributed by atoms with van der Waals surface area (Å²) < 4.78 is 5.57. The van der Waals surface area contributed by atoms with E-state index in [1.807, 2.05) is 24.3 Å². The van der Waals surface area contributed by atoms with E-state index in [1.54, 1.807) is 13.8 Å². The largest absolute Gasteiger partial charge is 0.479 e. The van der Waals surface area contributed by atoms with Gasteiger partial charge in [-0.2, -0.15) is 0 Å². The van der Waals surface area contributed by atoms with Gasteiger partial charge in [0.1, 0.15) is 6.61 Å². The number of carboxylic acid groups (broad SMARTS) is 1. The molecule has 180 valence electrons. The zero-order chi connectivity index (χ0) is 24.5. The molecule has 8 heteroatoms. The fourth-order valence-corrected chi connectivity index (χ4v) is 4.76. The highest BCUT2D eigenvalue weighted by Crippen LogP contribution is 2.44. The van der Waals surface area contributed by atoms with Crippen LogP contribution in [0.25, 0.3) is 11.1 Å². The van der Waals surface area contributed by atoms with Crippen molar-refractivity contribution in [3.05, 3.63) is 59.7 Å². The average Bonchev–Trinajstić information content (AvgIpc) is 3.16. The van der Waals surface area contributed by atoms with Crippen molar-refractivity contribution in [1.82, 2.24) is 10.2 Å². The number of carbonyl (C=O) groups is 3. The number of nitrogens with zero attached hydrogens (tertiary/aromatic N) is 1. The maximum Gasteiger partial charge on any atom is 0.407 e. The Labute approximate surface area is 198 Å². The Morgan fingerprint density at radius 2 is 1.56 bits per heavy atom. The van der Waals surface area contributed by atoms with Gasteiger partial charge < -0.3 is 25.2 Å². The van der Waals surface area contributed by atoms with Crippen molar-refractivity contribution < 1.29 is 29.3 Å². The van der Waals surface area contributed by atoms with E-state index in [0.717, 1.165) is 22.3 Å². The molecule has 1 fully saturated rings. The molecule has 8 nitrogen and oxygen atoms in total. The van der Waals surface area contributed by atoms with Gasteiger partial charge in [-0.25, -0.2) is 9.59 Å². The number of benzene rings is 2. The van der Waals surface area contributed by atoms with Crippen molar-refractivity contribution in [3.63, 3.8) is 0 Å². The molecule has 2 aromatic carbocycles. The molecule has 0 spiro atoms. The van der Waals surface area contributed by atoms with Crippen molar-refractivity contribution in [1.29, 1.82) is 0 Å². The fourth-order valence-electron chi connectivity index (χ4n) is 4.76. The molecular formula is C26H30N2O6. The number of likely N-dealkylation sites (tertiary alicyclic amines) is 1. The third kappa shape index (κ3) is 4.50. The summed E-state index contributed by atoms with van der Waals surface area (Å²) in [6, 6.07) is 15.7. The van der Waals surface area contributed by atoms with Crippen LogP contribution in [-0.2, 0) is 14.3 Å². The molecule has 0 radical (unpaired) electrons. The van der Waals surface area contributed by atoms with Gasteiger partial charge in [-0.15, -0.1) is 0 Å². The van der Waals surface area contributed by atoms with Crippen LogP contribution >= 0.6 is 0 Å². The highest BCUT2D eigenvalue weighted by molar-refractivity contribution is 5.82. The molecule has 0 saturated carbocycles. The number of alkyl carbamates (subject to hydrolysis) is 1. The van der Waals surface area contributed by atoms with Crippen molar-refractivity contribution in [3.8, 4) is 11.1 Å². The number of amides is 2. The van der Waals surface area contributed by atoms with Crippen LogP contribution in [0.5, 0.6) is 0 Å². The van der Waals surface area contributed by atoms with E-state index >= 15 is 0 Å². The van der Waals surface area contributed by atoms with Crippen LogP contribution < -0.4 is 5.32 Å². The zero-order valence-electron chi connectivity index (χ0n) is 19.4. The number of carbonyl (C=O) groups excluding carboxylic acids is 2. The number of aliphatic carboxylic acids is 1. The number of hydrogen-bond donors (Lipinski definition) is 3. The molecule has 4 rings (SSSR count). The van der Waals surface area contributed by atoms with Crippen LogP contribution in [0.4, 0.5) is 4.79 Å². The van der Waals surface area contributed by atoms with E-state index in [9.17, 15) is 19.5 Å². The van der Waals surface area contributed by atoms with Gasteiger partial charge in [0.15, 0.2) is 5.60 Å². The number of aliphatic hydroxyl groups is 1. The zero-order valence-corrected chi connectivity index (χ0v) is 19.4. The highest BCUT2D eigenvalue weighted by Gasteiger charge is 2.41. The number of nitrogens with one attached hydrogen (secondary N) is 1. The monoisotopic (exact) mass is 466 g/mol. The lowest BCUT2D eigenvalue weighted by molar-refractivity contribution is -0.166. The first kappa shape index (κ1) is 23.8. The first-order valence-electron chi connectivity index (χ1n) is 11.6. The van der Waals surface area contributed by atoms with Gasteiger partial charge in [-0.05, 0) is 29.2 Å². The second-order valence-electron chi connectivity index (χ2n) is 9.21. The van der Waals surface area contributed by atoms with Crippen LogP contribution in [0.1, 0.15) is 43.7 Å². The van der Waals surface area contributed by atoms with Crippen molar-refractivity contribution in [2.24, 2.45) is 5.92 Å². The summed E-state index contributed by atoms with van der Waals surface area (Å²) in [5, 5.41) is 22.0. The smallest absolute Gasteiger partial charge is 0.407 e. The molecule has 3 N–H and O–H groups in total. The summed E-state index contributed by atoms with van der Waals surface area (Å²) in [4.78, 5) is 38.1. The van der Waals surface area contributed by atoms with E-state index in [-0.39, 0.29) is 44.4 Å². The molecule has 1 aliphatic carbocycles. The average molecular weight is 467 g/mol. The van der Waals surface area contributed by atoms with Gasteiger partial charge in [-0.3, -0.25) is 4.79 Å². The Balaban J connectivity index is 1.31. The van der Waals surface area contributed by atoms with Crippen LogP contribution in [0.3, 0.4) is 0 Å². The second-order valence-corrected chi connectivity index (χ2v) is 9.21. The molecule has 2 amide bonds. The molecule has 1 heterocycles. The number of rotatable bonds is 6. The summed E-state index contributed by atoms with van der Waals surface area (Å²) in [6.07, 6.45) is -0.628. The molecule has 34 heavy (non-hydrogen) atoms. The van der Waals surface area contributed by atoms with Crippen LogP contribution in [0.15, 0.2) is 48.5 Å². The Morgan fingerprint density at radius 3 is 2.09 bits per heavy atom. The molecule has 1 saturated heterocycles. The first-order chi connectivity index (χ1) is 16.2. The fraction of sp³-hybridized carbons (Fsp3) is 0.423. The maximum atomic E-state index is 12.8. The SMILES string of the molecule is CC(NC(=O)OCC1c2ccccc2-c2ccccc21)C(C)C(=O)N1CCC(O)(C(=O)O)CC1. The molecule has 2 unspecified atom stereocenters. The number of piperidine rings is 1. The van der Waals surface area contributed by atoms with E-state index < -0.39 is 29.6 Å². The van der Waals surface area contributed by atoms with Crippen LogP contribution in [0, 0.1) is 5.92 Å². The molecule has 2 aromatic rings. The van der Waals surface area contributed by atoms with E-state index in [0.29, 0.717) is 0 Å². The molecule has 1 aliphatic heterocycles. The van der Waals surface area contributed by atoms with E-state index in [2.05, 4.69) is 29.6 Å². The van der Waals surface area contributed by atoms with Crippen molar-refractivity contribution in [2.45, 2.75) is 44.2 Å².